The van der Waals surface area contributed by atoms with E-state index in [0.717, 1.165) is 18.5 Å². The molecule has 0 saturated heterocycles. The molecule has 1 aliphatic carbocycles. The molecule has 2 N–H and O–H groups in total. The second-order valence-electron chi connectivity index (χ2n) is 4.04. The Balaban J connectivity index is 2.27. The lowest BCUT2D eigenvalue weighted by Crippen LogP contribution is -2.18. The van der Waals surface area contributed by atoms with Crippen LogP contribution in [-0.4, -0.2) is 16.6 Å². The lowest BCUT2D eigenvalue weighted by atomic mass is 10.1. The molecule has 0 heterocycles. The van der Waals surface area contributed by atoms with E-state index >= 15 is 0 Å². The van der Waals surface area contributed by atoms with Crippen molar-refractivity contribution in [1.29, 1.82) is 0 Å². The van der Waals surface area contributed by atoms with Crippen LogP contribution in [0.1, 0.15) is 30.1 Å². The van der Waals surface area contributed by atoms with Crippen molar-refractivity contribution in [2.45, 2.75) is 25.3 Å². The molecule has 1 aromatic carbocycles. The molecule has 0 atom stereocenters. The summed E-state index contributed by atoms with van der Waals surface area (Å²) in [6.07, 6.45) is 2.22. The minimum atomic E-state index is -0.877. The van der Waals surface area contributed by atoms with Gasteiger partial charge in [0.05, 0.1) is 5.56 Å². The van der Waals surface area contributed by atoms with Crippen molar-refractivity contribution in [3.8, 4) is 0 Å². The van der Waals surface area contributed by atoms with Gasteiger partial charge in [0.1, 0.15) is 0 Å². The van der Waals surface area contributed by atoms with Crippen molar-refractivity contribution in [2.75, 3.05) is 5.32 Å². The molecule has 0 radical (unpaired) electrons. The summed E-state index contributed by atoms with van der Waals surface area (Å²) in [5.41, 5.74) is 1.19. The molecule has 1 aromatic rings. The summed E-state index contributed by atoms with van der Waals surface area (Å²) in [5.74, 6) is -0.877. The number of carboxylic acid groups (broad SMARTS) is 1. The maximum absolute atomic E-state index is 10.9. The fraction of sp³-hybridized carbons (Fsp3) is 0.364. The van der Waals surface area contributed by atoms with E-state index < -0.39 is 5.97 Å². The highest BCUT2D eigenvalue weighted by Crippen LogP contribution is 2.38. The Labute approximate surface area is 82.8 Å². The SMILES string of the molecule is CC1(Nc2ccccc2C(=O)O)CC1. The molecular weight excluding hydrogens is 178 g/mol. The van der Waals surface area contributed by atoms with E-state index in [1.807, 2.05) is 12.1 Å². The Hall–Kier alpha value is -1.51. The minimum absolute atomic E-state index is 0.117. The molecule has 0 spiro atoms. The van der Waals surface area contributed by atoms with Crippen molar-refractivity contribution >= 4 is 11.7 Å². The maximum atomic E-state index is 10.9. The number of carboxylic acids is 1. The molecule has 3 heteroatoms. The first kappa shape index (κ1) is 9.06. The normalized spacial score (nSPS) is 17.5. The quantitative estimate of drug-likeness (QED) is 0.771. The summed E-state index contributed by atoms with van der Waals surface area (Å²) in [5, 5.41) is 12.2. The first-order valence-electron chi connectivity index (χ1n) is 4.71. The van der Waals surface area contributed by atoms with Gasteiger partial charge in [-0.25, -0.2) is 4.79 Å². The van der Waals surface area contributed by atoms with Crippen LogP contribution in [0, 0.1) is 0 Å². The van der Waals surface area contributed by atoms with Gasteiger partial charge >= 0.3 is 5.97 Å². The van der Waals surface area contributed by atoms with Crippen LogP contribution in [0.25, 0.3) is 0 Å². The van der Waals surface area contributed by atoms with Gasteiger partial charge in [-0.1, -0.05) is 12.1 Å². The van der Waals surface area contributed by atoms with E-state index in [-0.39, 0.29) is 5.54 Å². The molecular formula is C11H13NO2. The van der Waals surface area contributed by atoms with Gasteiger partial charge in [-0.05, 0) is 31.9 Å². The van der Waals surface area contributed by atoms with Gasteiger partial charge in [0.2, 0.25) is 0 Å². The highest BCUT2D eigenvalue weighted by atomic mass is 16.4. The van der Waals surface area contributed by atoms with Gasteiger partial charge in [-0.3, -0.25) is 0 Å². The monoisotopic (exact) mass is 191 g/mol. The van der Waals surface area contributed by atoms with Crippen molar-refractivity contribution in [2.24, 2.45) is 0 Å². The third-order valence-corrected chi connectivity index (χ3v) is 2.59. The van der Waals surface area contributed by atoms with Crippen LogP contribution in [0.2, 0.25) is 0 Å². The summed E-state index contributed by atoms with van der Waals surface area (Å²) in [7, 11) is 0. The van der Waals surface area contributed by atoms with Gasteiger partial charge in [-0.15, -0.1) is 0 Å². The third kappa shape index (κ3) is 1.71. The molecule has 1 fully saturated rings. The standard InChI is InChI=1S/C11H13NO2/c1-11(6-7-11)12-9-5-3-2-4-8(9)10(13)14/h2-5,12H,6-7H2,1H3,(H,13,14). The second-order valence-corrected chi connectivity index (χ2v) is 4.04. The lowest BCUT2D eigenvalue weighted by Gasteiger charge is -2.14. The fourth-order valence-corrected chi connectivity index (χ4v) is 1.42. The van der Waals surface area contributed by atoms with Crippen LogP contribution in [0.4, 0.5) is 5.69 Å². The van der Waals surface area contributed by atoms with Gasteiger partial charge in [0.25, 0.3) is 0 Å². The summed E-state index contributed by atoms with van der Waals surface area (Å²) in [4.78, 5) is 10.9. The fourth-order valence-electron chi connectivity index (χ4n) is 1.42. The van der Waals surface area contributed by atoms with Gasteiger partial charge in [0, 0.05) is 11.2 Å². The number of hydrogen-bond acceptors (Lipinski definition) is 2. The van der Waals surface area contributed by atoms with Crippen LogP contribution >= 0.6 is 0 Å². The molecule has 74 valence electrons. The van der Waals surface area contributed by atoms with Crippen LogP contribution in [0.5, 0.6) is 0 Å². The highest BCUT2D eigenvalue weighted by molar-refractivity contribution is 5.94. The number of rotatable bonds is 3. The number of para-hydroxylation sites is 1. The number of carbonyl (C=O) groups is 1. The van der Waals surface area contributed by atoms with E-state index in [1.165, 1.54) is 0 Å². The van der Waals surface area contributed by atoms with Gasteiger partial charge < -0.3 is 10.4 Å². The molecule has 1 aliphatic rings. The highest BCUT2D eigenvalue weighted by Gasteiger charge is 2.37. The summed E-state index contributed by atoms with van der Waals surface area (Å²) < 4.78 is 0. The van der Waals surface area contributed by atoms with E-state index in [4.69, 9.17) is 5.11 Å². The number of hydrogen-bond donors (Lipinski definition) is 2. The summed E-state index contributed by atoms with van der Waals surface area (Å²) >= 11 is 0. The van der Waals surface area contributed by atoms with Crippen LogP contribution < -0.4 is 5.32 Å². The first-order valence-corrected chi connectivity index (χ1v) is 4.71. The minimum Gasteiger partial charge on any atom is -0.478 e. The molecule has 3 nitrogen and oxygen atoms in total. The zero-order valence-corrected chi connectivity index (χ0v) is 8.08. The Morgan fingerprint density at radius 2 is 2.07 bits per heavy atom. The van der Waals surface area contributed by atoms with Crippen LogP contribution in [-0.2, 0) is 0 Å². The topological polar surface area (TPSA) is 49.3 Å². The van der Waals surface area contributed by atoms with Crippen molar-refractivity contribution in [3.05, 3.63) is 29.8 Å². The number of aromatic carboxylic acids is 1. The molecule has 1 saturated carbocycles. The Kier molecular flexibility index (Phi) is 1.95. The number of nitrogens with one attached hydrogen (secondary N) is 1. The summed E-state index contributed by atoms with van der Waals surface area (Å²) in [6.45, 7) is 2.10. The molecule has 14 heavy (non-hydrogen) atoms. The van der Waals surface area contributed by atoms with Crippen molar-refractivity contribution in [1.82, 2.24) is 0 Å². The zero-order chi connectivity index (χ0) is 10.2. The van der Waals surface area contributed by atoms with Crippen LogP contribution in [0.15, 0.2) is 24.3 Å². The zero-order valence-electron chi connectivity index (χ0n) is 8.08. The average molecular weight is 191 g/mol. The van der Waals surface area contributed by atoms with Crippen LogP contribution in [0.3, 0.4) is 0 Å². The van der Waals surface area contributed by atoms with Gasteiger partial charge in [0.15, 0.2) is 0 Å². The third-order valence-electron chi connectivity index (χ3n) is 2.59. The molecule has 0 aliphatic heterocycles. The Morgan fingerprint density at radius 1 is 1.43 bits per heavy atom. The average Bonchev–Trinajstić information content (AvgIpc) is 2.84. The van der Waals surface area contributed by atoms with Crippen molar-refractivity contribution in [3.63, 3.8) is 0 Å². The largest absolute Gasteiger partial charge is 0.478 e. The lowest BCUT2D eigenvalue weighted by molar-refractivity contribution is 0.0698. The summed E-state index contributed by atoms with van der Waals surface area (Å²) in [6, 6.07) is 7.02. The Bertz CT molecular complexity index is 369. The molecule has 0 aromatic heterocycles. The van der Waals surface area contributed by atoms with E-state index in [1.54, 1.807) is 12.1 Å². The first-order chi connectivity index (χ1) is 6.61. The predicted octanol–water partition coefficient (Wildman–Crippen LogP) is 2.35. The molecule has 0 unspecified atom stereocenters. The molecule has 0 bridgehead atoms. The molecule has 0 amide bonds. The van der Waals surface area contributed by atoms with E-state index in [9.17, 15) is 4.79 Å². The smallest absolute Gasteiger partial charge is 0.337 e. The van der Waals surface area contributed by atoms with E-state index in [2.05, 4.69) is 12.2 Å². The van der Waals surface area contributed by atoms with Gasteiger partial charge in [-0.2, -0.15) is 0 Å². The van der Waals surface area contributed by atoms with Crippen molar-refractivity contribution < 1.29 is 9.90 Å². The second kappa shape index (κ2) is 3.01. The molecule has 2 rings (SSSR count). The Morgan fingerprint density at radius 3 is 2.64 bits per heavy atom. The number of anilines is 1. The number of benzene rings is 1. The van der Waals surface area contributed by atoms with E-state index in [0.29, 0.717) is 5.56 Å². The maximum Gasteiger partial charge on any atom is 0.337 e. The predicted molar refractivity (Wildman–Crippen MR) is 54.7 cm³/mol.